The van der Waals surface area contributed by atoms with E-state index in [1.165, 1.54) is 18.2 Å². The number of hydrogen-bond acceptors (Lipinski definition) is 4. The molecule has 2 aromatic rings. The van der Waals surface area contributed by atoms with E-state index in [4.69, 9.17) is 4.74 Å². The average molecular weight is 319 g/mol. The highest BCUT2D eigenvalue weighted by Crippen LogP contribution is 2.24. The predicted molar refractivity (Wildman–Crippen MR) is 88.3 cm³/mol. The van der Waals surface area contributed by atoms with Gasteiger partial charge >= 0.3 is 0 Å². The fraction of sp³-hybridized carbons (Fsp3) is 0.500. The molecule has 1 aliphatic rings. The van der Waals surface area contributed by atoms with Crippen molar-refractivity contribution in [1.82, 2.24) is 14.9 Å². The monoisotopic (exact) mass is 319 g/mol. The lowest BCUT2D eigenvalue weighted by Gasteiger charge is -2.30. The van der Waals surface area contributed by atoms with Crippen LogP contribution >= 0.6 is 11.8 Å². The zero-order valence-electron chi connectivity index (χ0n) is 13.0. The standard InChI is InChI=1S/C16H21N3O2S/c1-11-4-3-7-19(9-11)15(20)10-22-16-17-13-6-5-12(21-2)8-14(13)18-16/h5-6,8,11H,3-4,7,9-10H2,1-2H3,(H,17,18). The molecule has 1 atom stereocenters. The minimum Gasteiger partial charge on any atom is -0.497 e. The molecule has 1 N–H and O–H groups in total. The molecule has 6 heteroatoms. The van der Waals surface area contributed by atoms with Gasteiger partial charge in [0.15, 0.2) is 5.16 Å². The molecule has 1 aromatic carbocycles. The topological polar surface area (TPSA) is 58.2 Å². The molecule has 0 spiro atoms. The minimum absolute atomic E-state index is 0.203. The van der Waals surface area contributed by atoms with Crippen LogP contribution in [0.4, 0.5) is 0 Å². The molecule has 1 fully saturated rings. The maximum absolute atomic E-state index is 12.3. The van der Waals surface area contributed by atoms with Crippen molar-refractivity contribution in [2.24, 2.45) is 5.92 Å². The molecule has 1 amide bonds. The quantitative estimate of drug-likeness (QED) is 0.880. The summed E-state index contributed by atoms with van der Waals surface area (Å²) in [6, 6.07) is 5.72. The number of H-pyrrole nitrogens is 1. The third kappa shape index (κ3) is 3.38. The van der Waals surface area contributed by atoms with E-state index in [9.17, 15) is 4.79 Å². The number of carbonyl (C=O) groups is 1. The molecular formula is C16H21N3O2S. The van der Waals surface area contributed by atoms with Gasteiger partial charge in [0.05, 0.1) is 23.9 Å². The molecule has 2 heterocycles. The molecule has 1 saturated heterocycles. The molecule has 3 rings (SSSR count). The van der Waals surface area contributed by atoms with E-state index in [2.05, 4.69) is 16.9 Å². The van der Waals surface area contributed by atoms with Crippen molar-refractivity contribution in [2.75, 3.05) is 26.0 Å². The van der Waals surface area contributed by atoms with E-state index in [0.29, 0.717) is 11.7 Å². The van der Waals surface area contributed by atoms with Crippen LogP contribution in [0.3, 0.4) is 0 Å². The highest BCUT2D eigenvalue weighted by Gasteiger charge is 2.21. The van der Waals surface area contributed by atoms with Gasteiger partial charge in [-0.25, -0.2) is 4.98 Å². The second kappa shape index (κ2) is 6.60. The number of piperidine rings is 1. The number of aromatic nitrogens is 2. The van der Waals surface area contributed by atoms with E-state index in [0.717, 1.165) is 41.4 Å². The van der Waals surface area contributed by atoms with Gasteiger partial charge in [0.25, 0.3) is 0 Å². The number of ether oxygens (including phenoxy) is 1. The minimum atomic E-state index is 0.203. The number of likely N-dealkylation sites (tertiary alicyclic amines) is 1. The maximum atomic E-state index is 12.3. The van der Waals surface area contributed by atoms with Crippen LogP contribution in [0.15, 0.2) is 23.4 Å². The SMILES string of the molecule is COc1ccc2nc(SCC(=O)N3CCCC(C)C3)[nH]c2c1. The van der Waals surface area contributed by atoms with Gasteiger partial charge in [-0.2, -0.15) is 0 Å². The average Bonchev–Trinajstić information content (AvgIpc) is 2.94. The molecule has 5 nitrogen and oxygen atoms in total. The van der Waals surface area contributed by atoms with Crippen molar-refractivity contribution < 1.29 is 9.53 Å². The van der Waals surface area contributed by atoms with Crippen LogP contribution < -0.4 is 4.74 Å². The van der Waals surface area contributed by atoms with Gasteiger partial charge in [0, 0.05) is 19.2 Å². The van der Waals surface area contributed by atoms with Gasteiger partial charge in [-0.1, -0.05) is 18.7 Å². The first-order chi connectivity index (χ1) is 10.7. The van der Waals surface area contributed by atoms with E-state index < -0.39 is 0 Å². The number of carbonyl (C=O) groups excluding carboxylic acids is 1. The van der Waals surface area contributed by atoms with Crippen LogP contribution in [0.1, 0.15) is 19.8 Å². The van der Waals surface area contributed by atoms with Gasteiger partial charge < -0.3 is 14.6 Å². The number of thioether (sulfide) groups is 1. The normalized spacial score (nSPS) is 18.6. The summed E-state index contributed by atoms with van der Waals surface area (Å²) in [5, 5.41) is 0.779. The Morgan fingerprint density at radius 3 is 3.18 bits per heavy atom. The molecule has 0 bridgehead atoms. The highest BCUT2D eigenvalue weighted by atomic mass is 32.2. The Hall–Kier alpha value is -1.69. The lowest BCUT2D eigenvalue weighted by Crippen LogP contribution is -2.40. The van der Waals surface area contributed by atoms with Gasteiger partial charge in [0.2, 0.25) is 5.91 Å². The zero-order chi connectivity index (χ0) is 15.5. The smallest absolute Gasteiger partial charge is 0.233 e. The Morgan fingerprint density at radius 2 is 2.41 bits per heavy atom. The number of amides is 1. The van der Waals surface area contributed by atoms with Crippen LogP contribution in [0, 0.1) is 5.92 Å². The number of aromatic amines is 1. The number of benzene rings is 1. The number of rotatable bonds is 4. The first-order valence-electron chi connectivity index (χ1n) is 7.60. The molecule has 0 saturated carbocycles. The number of methoxy groups -OCH3 is 1. The molecule has 0 radical (unpaired) electrons. The zero-order valence-corrected chi connectivity index (χ0v) is 13.8. The first kappa shape index (κ1) is 15.2. The van der Waals surface area contributed by atoms with Crippen LogP contribution in [0.5, 0.6) is 5.75 Å². The number of nitrogens with one attached hydrogen (secondary N) is 1. The Kier molecular flexibility index (Phi) is 4.57. The molecule has 1 aliphatic heterocycles. The summed E-state index contributed by atoms with van der Waals surface area (Å²) in [4.78, 5) is 22.0. The summed E-state index contributed by atoms with van der Waals surface area (Å²) in [5.41, 5.74) is 1.82. The van der Waals surface area contributed by atoms with Crippen molar-refractivity contribution in [2.45, 2.75) is 24.9 Å². The van der Waals surface area contributed by atoms with Crippen molar-refractivity contribution in [3.05, 3.63) is 18.2 Å². The molecule has 1 aromatic heterocycles. The van der Waals surface area contributed by atoms with Crippen LogP contribution in [-0.4, -0.2) is 46.7 Å². The van der Waals surface area contributed by atoms with E-state index in [-0.39, 0.29) is 5.91 Å². The maximum Gasteiger partial charge on any atom is 0.233 e. The highest BCUT2D eigenvalue weighted by molar-refractivity contribution is 7.99. The molecule has 0 aliphatic carbocycles. The first-order valence-corrected chi connectivity index (χ1v) is 8.58. The summed E-state index contributed by atoms with van der Waals surface area (Å²) < 4.78 is 5.20. The van der Waals surface area contributed by atoms with E-state index >= 15 is 0 Å². The molecule has 118 valence electrons. The lowest BCUT2D eigenvalue weighted by atomic mass is 10.0. The summed E-state index contributed by atoms with van der Waals surface area (Å²) in [5.74, 6) is 2.05. The van der Waals surface area contributed by atoms with Crippen molar-refractivity contribution in [1.29, 1.82) is 0 Å². The Bertz CT molecular complexity index is 670. The van der Waals surface area contributed by atoms with Crippen molar-refractivity contribution >= 4 is 28.7 Å². The summed E-state index contributed by atoms with van der Waals surface area (Å²) >= 11 is 1.46. The predicted octanol–water partition coefficient (Wildman–Crippen LogP) is 2.92. The Balaban J connectivity index is 1.62. The Morgan fingerprint density at radius 1 is 1.55 bits per heavy atom. The number of nitrogens with zero attached hydrogens (tertiary/aromatic N) is 2. The number of fused-ring (bicyclic) bond motifs is 1. The Labute approximate surface area is 134 Å². The second-order valence-electron chi connectivity index (χ2n) is 5.80. The fourth-order valence-electron chi connectivity index (χ4n) is 2.80. The van der Waals surface area contributed by atoms with Crippen LogP contribution in [0.2, 0.25) is 0 Å². The second-order valence-corrected chi connectivity index (χ2v) is 6.76. The van der Waals surface area contributed by atoms with Crippen LogP contribution in [0.25, 0.3) is 11.0 Å². The third-order valence-electron chi connectivity index (χ3n) is 4.01. The van der Waals surface area contributed by atoms with Gasteiger partial charge in [0.1, 0.15) is 5.75 Å². The van der Waals surface area contributed by atoms with E-state index in [1.54, 1.807) is 7.11 Å². The largest absolute Gasteiger partial charge is 0.497 e. The van der Waals surface area contributed by atoms with Gasteiger partial charge in [-0.05, 0) is 30.9 Å². The lowest BCUT2D eigenvalue weighted by molar-refractivity contribution is -0.130. The number of imidazole rings is 1. The fourth-order valence-corrected chi connectivity index (χ4v) is 3.59. The third-order valence-corrected chi connectivity index (χ3v) is 4.87. The molecule has 1 unspecified atom stereocenters. The summed E-state index contributed by atoms with van der Waals surface area (Å²) in [6.07, 6.45) is 2.34. The molecular weight excluding hydrogens is 298 g/mol. The van der Waals surface area contributed by atoms with Gasteiger partial charge in [-0.3, -0.25) is 4.79 Å². The summed E-state index contributed by atoms with van der Waals surface area (Å²) in [6.45, 7) is 3.98. The van der Waals surface area contributed by atoms with E-state index in [1.807, 2.05) is 23.1 Å². The summed E-state index contributed by atoms with van der Waals surface area (Å²) in [7, 11) is 1.64. The van der Waals surface area contributed by atoms with Crippen molar-refractivity contribution in [3.63, 3.8) is 0 Å². The van der Waals surface area contributed by atoms with Crippen molar-refractivity contribution in [3.8, 4) is 5.75 Å². The van der Waals surface area contributed by atoms with Gasteiger partial charge in [-0.15, -0.1) is 0 Å². The molecule has 22 heavy (non-hydrogen) atoms. The number of hydrogen-bond donors (Lipinski definition) is 1. The van der Waals surface area contributed by atoms with Crippen LogP contribution in [-0.2, 0) is 4.79 Å².